The van der Waals surface area contributed by atoms with Crippen LogP contribution in [-0.4, -0.2) is 52.2 Å². The first-order chi connectivity index (χ1) is 17.0. The van der Waals surface area contributed by atoms with E-state index in [1.54, 1.807) is 17.2 Å². The van der Waals surface area contributed by atoms with Gasteiger partial charge in [-0.3, -0.25) is 9.69 Å². The summed E-state index contributed by atoms with van der Waals surface area (Å²) in [7, 11) is 0. The van der Waals surface area contributed by atoms with Gasteiger partial charge >= 0.3 is 12.1 Å². The number of amides is 4. The molecule has 9 nitrogen and oxygen atoms in total. The minimum absolute atomic E-state index is 0.252. The Labute approximate surface area is 205 Å². The first-order valence-corrected chi connectivity index (χ1v) is 12.7. The zero-order valence-corrected chi connectivity index (χ0v) is 19.8. The highest BCUT2D eigenvalue weighted by molar-refractivity contribution is 7.21. The maximum Gasteiger partial charge on any atom is 0.407 e. The van der Waals surface area contributed by atoms with Crippen molar-refractivity contribution < 1.29 is 19.5 Å². The van der Waals surface area contributed by atoms with Crippen LogP contribution in [0.15, 0.2) is 36.5 Å². The summed E-state index contributed by atoms with van der Waals surface area (Å²) in [5.74, 6) is 0.219. The van der Waals surface area contributed by atoms with Crippen molar-refractivity contribution in [1.29, 1.82) is 0 Å². The molecule has 0 bridgehead atoms. The van der Waals surface area contributed by atoms with Gasteiger partial charge in [0.05, 0.1) is 22.4 Å². The smallest absolute Gasteiger partial charge is 0.407 e. The van der Waals surface area contributed by atoms with Gasteiger partial charge in [-0.15, -0.1) is 11.3 Å². The third kappa shape index (κ3) is 3.78. The van der Waals surface area contributed by atoms with Crippen LogP contribution in [0.5, 0.6) is 0 Å². The molecule has 2 aromatic heterocycles. The van der Waals surface area contributed by atoms with Gasteiger partial charge < -0.3 is 20.6 Å². The number of thiophene rings is 1. The highest BCUT2D eigenvalue weighted by atomic mass is 32.1. The average molecular weight is 492 g/mol. The molecule has 0 spiro atoms. The second kappa shape index (κ2) is 8.53. The number of carboxylic acid groups (broad SMARTS) is 1. The summed E-state index contributed by atoms with van der Waals surface area (Å²) < 4.78 is 0. The molecule has 35 heavy (non-hydrogen) atoms. The third-order valence-corrected chi connectivity index (χ3v) is 8.28. The SMILES string of the molecule is O=C(NC1CCCN(C(=O)O)C1)c1sc2nccc3c2c1NC(=O)N3c1cccc(C2CCC2)c1. The number of aromatic nitrogens is 1. The van der Waals surface area contributed by atoms with Gasteiger partial charge in [0.25, 0.3) is 5.91 Å². The number of piperidine rings is 1. The number of carbonyl (C=O) groups excluding carboxylic acids is 2. The monoisotopic (exact) mass is 491 g/mol. The number of anilines is 3. The summed E-state index contributed by atoms with van der Waals surface area (Å²) in [6.07, 6.45) is 5.66. The molecule has 4 amide bonds. The molecule has 6 rings (SSSR count). The van der Waals surface area contributed by atoms with Crippen molar-refractivity contribution in [3.05, 3.63) is 47.0 Å². The highest BCUT2D eigenvalue weighted by Gasteiger charge is 2.34. The van der Waals surface area contributed by atoms with E-state index in [0.29, 0.717) is 46.4 Å². The van der Waals surface area contributed by atoms with Crippen LogP contribution in [0.2, 0.25) is 0 Å². The quantitative estimate of drug-likeness (QED) is 0.469. The van der Waals surface area contributed by atoms with Crippen LogP contribution in [0.3, 0.4) is 0 Å². The Morgan fingerprint density at radius 1 is 1.17 bits per heavy atom. The number of likely N-dealkylation sites (tertiary alicyclic amines) is 1. The molecule has 1 saturated carbocycles. The van der Waals surface area contributed by atoms with Crippen molar-refractivity contribution in [2.24, 2.45) is 0 Å². The molecule has 1 aliphatic carbocycles. The summed E-state index contributed by atoms with van der Waals surface area (Å²) in [5, 5.41) is 15.9. The molecular weight excluding hydrogens is 466 g/mol. The van der Waals surface area contributed by atoms with E-state index >= 15 is 0 Å². The zero-order chi connectivity index (χ0) is 24.1. The summed E-state index contributed by atoms with van der Waals surface area (Å²) in [5.41, 5.74) is 3.20. The van der Waals surface area contributed by atoms with Crippen molar-refractivity contribution in [3.8, 4) is 0 Å². The Morgan fingerprint density at radius 3 is 2.80 bits per heavy atom. The van der Waals surface area contributed by atoms with Crippen LogP contribution in [0.1, 0.15) is 53.3 Å². The Balaban J connectivity index is 1.33. The van der Waals surface area contributed by atoms with E-state index in [2.05, 4.69) is 27.8 Å². The lowest BCUT2D eigenvalue weighted by molar-refractivity contribution is 0.0893. The minimum Gasteiger partial charge on any atom is -0.465 e. The van der Waals surface area contributed by atoms with Gasteiger partial charge in [-0.25, -0.2) is 14.6 Å². The zero-order valence-electron chi connectivity index (χ0n) is 19.0. The molecule has 1 atom stereocenters. The third-order valence-electron chi connectivity index (χ3n) is 7.18. The number of benzene rings is 1. The Morgan fingerprint density at radius 2 is 2.03 bits per heavy atom. The molecule has 180 valence electrons. The summed E-state index contributed by atoms with van der Waals surface area (Å²) >= 11 is 1.23. The van der Waals surface area contributed by atoms with Crippen molar-refractivity contribution in [1.82, 2.24) is 15.2 Å². The van der Waals surface area contributed by atoms with E-state index in [1.165, 1.54) is 41.1 Å². The lowest BCUT2D eigenvalue weighted by atomic mass is 9.80. The van der Waals surface area contributed by atoms with Crippen molar-refractivity contribution >= 4 is 56.6 Å². The maximum atomic E-state index is 13.3. The lowest BCUT2D eigenvalue weighted by Crippen LogP contribution is -2.49. The largest absolute Gasteiger partial charge is 0.465 e. The molecule has 2 fully saturated rings. The maximum absolute atomic E-state index is 13.3. The van der Waals surface area contributed by atoms with Crippen LogP contribution < -0.4 is 15.5 Å². The first-order valence-electron chi connectivity index (χ1n) is 11.9. The van der Waals surface area contributed by atoms with Crippen LogP contribution in [0.25, 0.3) is 10.2 Å². The predicted octanol–water partition coefficient (Wildman–Crippen LogP) is 5.12. The van der Waals surface area contributed by atoms with E-state index in [1.807, 2.05) is 12.1 Å². The van der Waals surface area contributed by atoms with Gasteiger partial charge in [-0.1, -0.05) is 18.6 Å². The van der Waals surface area contributed by atoms with E-state index in [4.69, 9.17) is 0 Å². The van der Waals surface area contributed by atoms with Gasteiger partial charge in [0.15, 0.2) is 0 Å². The number of hydrogen-bond donors (Lipinski definition) is 3. The topological polar surface area (TPSA) is 115 Å². The van der Waals surface area contributed by atoms with Gasteiger partial charge in [0.2, 0.25) is 0 Å². The molecule has 10 heteroatoms. The number of hydrogen-bond acceptors (Lipinski definition) is 5. The molecule has 3 aromatic rings. The van der Waals surface area contributed by atoms with Crippen molar-refractivity contribution in [2.75, 3.05) is 23.3 Å². The molecule has 0 radical (unpaired) electrons. The van der Waals surface area contributed by atoms with Crippen molar-refractivity contribution in [2.45, 2.75) is 44.1 Å². The molecule has 3 aliphatic rings. The second-order valence-corrected chi connectivity index (χ2v) is 10.3. The average Bonchev–Trinajstić information content (AvgIpc) is 3.18. The molecule has 3 N–H and O–H groups in total. The van der Waals surface area contributed by atoms with Crippen molar-refractivity contribution in [3.63, 3.8) is 0 Å². The standard InChI is InChI=1S/C25H25N5O4S/c31-22(27-16-7-3-11-29(13-16)25(33)34)21-20-19-18(9-10-26-23(19)35-21)30(24(32)28-20)17-8-2-6-15(12-17)14-4-1-5-14/h2,6,8-10,12,14,16H,1,3-5,7,11,13H2,(H,27,31)(H,28,32)(H,33,34). The second-order valence-electron chi connectivity index (χ2n) is 9.35. The summed E-state index contributed by atoms with van der Waals surface area (Å²) in [6.45, 7) is 0.721. The van der Waals surface area contributed by atoms with E-state index in [0.717, 1.165) is 11.1 Å². The number of pyridine rings is 1. The number of carbonyl (C=O) groups is 3. The normalized spacial score (nSPS) is 19.9. The fourth-order valence-corrected chi connectivity index (χ4v) is 6.20. The van der Waals surface area contributed by atoms with E-state index in [-0.39, 0.29) is 24.5 Å². The van der Waals surface area contributed by atoms with Gasteiger partial charge in [-0.2, -0.15) is 0 Å². The van der Waals surface area contributed by atoms with E-state index in [9.17, 15) is 19.5 Å². The number of urea groups is 1. The minimum atomic E-state index is -0.983. The Bertz CT molecular complexity index is 1350. The van der Waals surface area contributed by atoms with Gasteiger partial charge in [-0.05, 0) is 55.4 Å². The Hall–Kier alpha value is -3.66. The molecule has 1 saturated heterocycles. The first kappa shape index (κ1) is 21.8. The lowest BCUT2D eigenvalue weighted by Gasteiger charge is -2.31. The fraction of sp³-hybridized carbons (Fsp3) is 0.360. The van der Waals surface area contributed by atoms with Crippen LogP contribution in [0, 0.1) is 0 Å². The molecule has 1 aromatic carbocycles. The van der Waals surface area contributed by atoms with Gasteiger partial charge in [0.1, 0.15) is 9.71 Å². The van der Waals surface area contributed by atoms with Crippen LogP contribution >= 0.6 is 11.3 Å². The van der Waals surface area contributed by atoms with E-state index < -0.39 is 6.09 Å². The highest BCUT2D eigenvalue weighted by Crippen LogP contribution is 2.46. The van der Waals surface area contributed by atoms with Gasteiger partial charge in [0, 0.05) is 25.3 Å². The summed E-state index contributed by atoms with van der Waals surface area (Å²) in [4.78, 5) is 46.4. The molecule has 4 heterocycles. The molecule has 2 aliphatic heterocycles. The molecular formula is C25H25N5O4S. The summed E-state index contributed by atoms with van der Waals surface area (Å²) in [6, 6.07) is 9.32. The number of rotatable bonds is 4. The van der Waals surface area contributed by atoms with Crippen LogP contribution in [-0.2, 0) is 0 Å². The predicted molar refractivity (Wildman–Crippen MR) is 134 cm³/mol. The van der Waals surface area contributed by atoms with Crippen LogP contribution in [0.4, 0.5) is 26.7 Å². The number of nitrogens with one attached hydrogen (secondary N) is 2. The Kier molecular flexibility index (Phi) is 5.32. The molecule has 1 unspecified atom stereocenters. The number of nitrogens with zero attached hydrogens (tertiary/aromatic N) is 3. The fourth-order valence-electron chi connectivity index (χ4n) is 5.18.